The molecule has 0 fully saturated rings. The highest BCUT2D eigenvalue weighted by atomic mass is 16.6. The molecule has 0 heterocycles. The second-order valence-corrected chi connectivity index (χ2v) is 4.30. The molecule has 0 saturated heterocycles. The number of nitrogens with zero attached hydrogens (tertiary/aromatic N) is 1. The van der Waals surface area contributed by atoms with E-state index >= 15 is 0 Å². The molecule has 0 spiro atoms. The van der Waals surface area contributed by atoms with Crippen molar-refractivity contribution in [3.63, 3.8) is 0 Å². The van der Waals surface area contributed by atoms with Crippen molar-refractivity contribution in [3.05, 3.63) is 28.3 Å². The maximum Gasteiger partial charge on any atom is 0.275 e. The van der Waals surface area contributed by atoms with Crippen LogP contribution < -0.4 is 10.1 Å². The van der Waals surface area contributed by atoms with E-state index in [0.717, 1.165) is 12.8 Å². The van der Waals surface area contributed by atoms with E-state index in [-0.39, 0.29) is 5.69 Å². The van der Waals surface area contributed by atoms with Crippen LogP contribution in [0.3, 0.4) is 0 Å². The highest BCUT2D eigenvalue weighted by Crippen LogP contribution is 2.26. The summed E-state index contributed by atoms with van der Waals surface area (Å²) in [6.45, 7) is 6.57. The fourth-order valence-corrected chi connectivity index (χ4v) is 1.65. The number of ether oxygens (including phenoxy) is 2. The van der Waals surface area contributed by atoms with Crippen LogP contribution in [0.25, 0.3) is 0 Å². The Balaban J connectivity index is 2.63. The lowest BCUT2D eigenvalue weighted by Gasteiger charge is -2.09. The Morgan fingerprint density at radius 3 is 2.70 bits per heavy atom. The van der Waals surface area contributed by atoms with Crippen LogP contribution in [-0.2, 0) is 4.74 Å². The van der Waals surface area contributed by atoms with Crippen molar-refractivity contribution < 1.29 is 14.4 Å². The van der Waals surface area contributed by atoms with Gasteiger partial charge in [0, 0.05) is 37.6 Å². The molecule has 1 N–H and O–H groups in total. The van der Waals surface area contributed by atoms with E-state index in [2.05, 4.69) is 5.32 Å². The quantitative estimate of drug-likeness (QED) is 0.405. The predicted molar refractivity (Wildman–Crippen MR) is 78.5 cm³/mol. The van der Waals surface area contributed by atoms with Gasteiger partial charge in [0.2, 0.25) is 0 Å². The summed E-state index contributed by atoms with van der Waals surface area (Å²) in [6, 6.07) is 4.74. The molecule has 1 aromatic carbocycles. The Morgan fingerprint density at radius 1 is 1.25 bits per heavy atom. The van der Waals surface area contributed by atoms with Gasteiger partial charge in [-0.1, -0.05) is 6.92 Å². The zero-order chi connectivity index (χ0) is 14.8. The van der Waals surface area contributed by atoms with Gasteiger partial charge < -0.3 is 14.8 Å². The molecule has 0 atom stereocenters. The monoisotopic (exact) mass is 282 g/mol. The Labute approximate surface area is 119 Å². The van der Waals surface area contributed by atoms with Crippen molar-refractivity contribution in [1.29, 1.82) is 0 Å². The lowest BCUT2D eigenvalue weighted by molar-refractivity contribution is -0.384. The first-order valence-corrected chi connectivity index (χ1v) is 6.91. The number of rotatable bonds is 10. The number of hydrogen-bond donors (Lipinski definition) is 1. The molecule has 0 unspecified atom stereocenters. The number of hydrogen-bond acceptors (Lipinski definition) is 5. The molecule has 0 aliphatic rings. The Hall–Kier alpha value is -1.82. The highest BCUT2D eigenvalue weighted by molar-refractivity contribution is 5.56. The zero-order valence-corrected chi connectivity index (χ0v) is 12.1. The molecule has 0 aromatic heterocycles. The molecule has 1 aromatic rings. The van der Waals surface area contributed by atoms with Gasteiger partial charge >= 0.3 is 0 Å². The van der Waals surface area contributed by atoms with Crippen LogP contribution in [0, 0.1) is 10.1 Å². The average molecular weight is 282 g/mol. The summed E-state index contributed by atoms with van der Waals surface area (Å²) in [6.07, 6.45) is 1.71. The lowest BCUT2D eigenvalue weighted by atomic mass is 10.2. The number of benzene rings is 1. The van der Waals surface area contributed by atoms with Crippen molar-refractivity contribution >= 4 is 11.4 Å². The lowest BCUT2D eigenvalue weighted by Crippen LogP contribution is -2.06. The summed E-state index contributed by atoms with van der Waals surface area (Å²) in [7, 11) is 0. The van der Waals surface area contributed by atoms with Crippen LogP contribution >= 0.6 is 0 Å². The molecule has 0 aliphatic heterocycles. The molecule has 6 nitrogen and oxygen atoms in total. The molecule has 0 radical (unpaired) electrons. The van der Waals surface area contributed by atoms with E-state index < -0.39 is 4.92 Å². The SMILES string of the molecule is CCCOc1cc(NCCCOCC)cc([N+](=O)[O-])c1. The normalized spacial score (nSPS) is 10.3. The van der Waals surface area contributed by atoms with Crippen LogP contribution in [0.2, 0.25) is 0 Å². The smallest absolute Gasteiger partial charge is 0.275 e. The van der Waals surface area contributed by atoms with E-state index in [1.807, 2.05) is 13.8 Å². The van der Waals surface area contributed by atoms with Crippen molar-refractivity contribution in [3.8, 4) is 5.75 Å². The van der Waals surface area contributed by atoms with Gasteiger partial charge in [0.25, 0.3) is 5.69 Å². The van der Waals surface area contributed by atoms with E-state index in [0.29, 0.717) is 37.8 Å². The van der Waals surface area contributed by atoms with Crippen LogP contribution in [0.1, 0.15) is 26.7 Å². The number of nitro benzene ring substituents is 1. The fourth-order valence-electron chi connectivity index (χ4n) is 1.65. The van der Waals surface area contributed by atoms with Crippen LogP contribution in [0.15, 0.2) is 18.2 Å². The standard InChI is InChI=1S/C14H22N2O4/c1-3-7-20-14-10-12(9-13(11-14)16(17)18)15-6-5-8-19-4-2/h9-11,15H,3-8H2,1-2H3. The Bertz CT molecular complexity index is 424. The highest BCUT2D eigenvalue weighted by Gasteiger charge is 2.10. The first-order chi connectivity index (χ1) is 9.67. The summed E-state index contributed by atoms with van der Waals surface area (Å²) in [5, 5.41) is 14.0. The third-order valence-electron chi connectivity index (χ3n) is 2.57. The van der Waals surface area contributed by atoms with Gasteiger partial charge in [-0.15, -0.1) is 0 Å². The molecule has 1 rings (SSSR count). The molecule has 0 amide bonds. The summed E-state index contributed by atoms with van der Waals surface area (Å²) < 4.78 is 10.7. The zero-order valence-electron chi connectivity index (χ0n) is 12.1. The third kappa shape index (κ3) is 5.88. The van der Waals surface area contributed by atoms with Crippen molar-refractivity contribution in [2.24, 2.45) is 0 Å². The molecule has 112 valence electrons. The van der Waals surface area contributed by atoms with Crippen LogP contribution in [0.5, 0.6) is 5.75 Å². The minimum absolute atomic E-state index is 0.0333. The van der Waals surface area contributed by atoms with E-state index in [4.69, 9.17) is 9.47 Å². The minimum atomic E-state index is -0.413. The average Bonchev–Trinajstić information content (AvgIpc) is 2.44. The van der Waals surface area contributed by atoms with E-state index in [9.17, 15) is 10.1 Å². The van der Waals surface area contributed by atoms with Gasteiger partial charge in [0.15, 0.2) is 0 Å². The second-order valence-electron chi connectivity index (χ2n) is 4.30. The summed E-state index contributed by atoms with van der Waals surface area (Å²) in [5.74, 6) is 0.522. The van der Waals surface area contributed by atoms with Gasteiger partial charge in [-0.3, -0.25) is 10.1 Å². The van der Waals surface area contributed by atoms with Gasteiger partial charge in [-0.2, -0.15) is 0 Å². The maximum atomic E-state index is 10.9. The molecular weight excluding hydrogens is 260 g/mol. The largest absolute Gasteiger partial charge is 0.493 e. The van der Waals surface area contributed by atoms with Crippen molar-refractivity contribution in [2.75, 3.05) is 31.7 Å². The Kier molecular flexibility index (Phi) is 7.42. The summed E-state index contributed by atoms with van der Waals surface area (Å²) >= 11 is 0. The minimum Gasteiger partial charge on any atom is -0.493 e. The fraction of sp³-hybridized carbons (Fsp3) is 0.571. The summed E-state index contributed by atoms with van der Waals surface area (Å²) in [4.78, 5) is 10.5. The Morgan fingerprint density at radius 2 is 2.05 bits per heavy atom. The van der Waals surface area contributed by atoms with E-state index in [1.54, 1.807) is 6.07 Å². The maximum absolute atomic E-state index is 10.9. The third-order valence-corrected chi connectivity index (χ3v) is 2.57. The second kappa shape index (κ2) is 9.14. The van der Waals surface area contributed by atoms with Crippen LogP contribution in [0.4, 0.5) is 11.4 Å². The molecule has 20 heavy (non-hydrogen) atoms. The van der Waals surface area contributed by atoms with Crippen molar-refractivity contribution in [2.45, 2.75) is 26.7 Å². The van der Waals surface area contributed by atoms with Gasteiger partial charge in [-0.25, -0.2) is 0 Å². The molecule has 0 aliphatic carbocycles. The van der Waals surface area contributed by atoms with E-state index in [1.165, 1.54) is 12.1 Å². The van der Waals surface area contributed by atoms with Crippen LogP contribution in [-0.4, -0.2) is 31.3 Å². The number of anilines is 1. The number of nitro groups is 1. The first kappa shape index (κ1) is 16.2. The predicted octanol–water partition coefficient (Wildman–Crippen LogP) is 3.22. The van der Waals surface area contributed by atoms with Gasteiger partial charge in [-0.05, 0) is 19.8 Å². The summed E-state index contributed by atoms with van der Waals surface area (Å²) in [5.41, 5.74) is 0.729. The van der Waals surface area contributed by atoms with Gasteiger partial charge in [0.1, 0.15) is 5.75 Å². The topological polar surface area (TPSA) is 73.6 Å². The van der Waals surface area contributed by atoms with Gasteiger partial charge in [0.05, 0.1) is 17.6 Å². The molecule has 6 heteroatoms. The van der Waals surface area contributed by atoms with Crippen molar-refractivity contribution in [1.82, 2.24) is 0 Å². The molecular formula is C14H22N2O4. The molecule has 0 bridgehead atoms. The molecule has 0 saturated carbocycles. The number of nitrogens with one attached hydrogen (secondary N) is 1. The first-order valence-electron chi connectivity index (χ1n) is 6.91. The number of non-ortho nitro benzene ring substituents is 1.